The van der Waals surface area contributed by atoms with Crippen molar-refractivity contribution in [2.24, 2.45) is 0 Å². The van der Waals surface area contributed by atoms with Crippen molar-refractivity contribution in [3.05, 3.63) is 59.4 Å². The third-order valence-corrected chi connectivity index (χ3v) is 5.56. The number of anilines is 1. The topological polar surface area (TPSA) is 55.8 Å². The van der Waals surface area contributed by atoms with Crippen LogP contribution in [0.2, 0.25) is 5.02 Å². The molecule has 1 aliphatic heterocycles. The summed E-state index contributed by atoms with van der Waals surface area (Å²) in [7, 11) is 1.72. The highest BCUT2D eigenvalue weighted by Gasteiger charge is 2.30. The predicted octanol–water partition coefficient (Wildman–Crippen LogP) is 2.86. The predicted molar refractivity (Wildman–Crippen MR) is 109 cm³/mol. The lowest BCUT2D eigenvalue weighted by atomic mass is 10.2. The van der Waals surface area contributed by atoms with Crippen LogP contribution in [0, 0.1) is 0 Å². The average molecular weight is 400 g/mol. The van der Waals surface area contributed by atoms with Gasteiger partial charge < -0.3 is 19.0 Å². The number of ether oxygens (including phenoxy) is 1. The van der Waals surface area contributed by atoms with Gasteiger partial charge in [-0.1, -0.05) is 29.8 Å². The summed E-state index contributed by atoms with van der Waals surface area (Å²) in [6.07, 6.45) is 0. The molecule has 0 unspecified atom stereocenters. The zero-order valence-corrected chi connectivity index (χ0v) is 16.8. The highest BCUT2D eigenvalue weighted by molar-refractivity contribution is 6.30. The van der Waals surface area contributed by atoms with Crippen molar-refractivity contribution >= 4 is 17.3 Å². The number of nitrogens with zero attached hydrogens (tertiary/aromatic N) is 3. The van der Waals surface area contributed by atoms with E-state index in [0.29, 0.717) is 16.8 Å². The van der Waals surface area contributed by atoms with Crippen molar-refractivity contribution in [1.82, 2.24) is 10.2 Å². The first-order valence-corrected chi connectivity index (χ1v) is 9.85. The zero-order chi connectivity index (χ0) is 19.5. The first-order chi connectivity index (χ1) is 13.7. The van der Waals surface area contributed by atoms with Crippen LogP contribution in [0.4, 0.5) is 5.69 Å². The van der Waals surface area contributed by atoms with E-state index < -0.39 is 0 Å². The van der Waals surface area contributed by atoms with Crippen molar-refractivity contribution in [3.63, 3.8) is 0 Å². The lowest BCUT2D eigenvalue weighted by Crippen LogP contribution is -3.14. The van der Waals surface area contributed by atoms with Gasteiger partial charge in [-0.05, 0) is 37.3 Å². The Kier molecular flexibility index (Phi) is 5.50. The van der Waals surface area contributed by atoms with E-state index in [0.717, 1.165) is 43.2 Å². The second kappa shape index (κ2) is 8.20. The van der Waals surface area contributed by atoms with Gasteiger partial charge in [0.25, 0.3) is 5.89 Å². The highest BCUT2D eigenvalue weighted by Crippen LogP contribution is 2.27. The van der Waals surface area contributed by atoms with Crippen LogP contribution in [-0.4, -0.2) is 43.5 Å². The molecule has 1 saturated heterocycles. The van der Waals surface area contributed by atoms with Gasteiger partial charge in [0.15, 0.2) is 6.04 Å². The molecule has 0 bridgehead atoms. The monoisotopic (exact) mass is 399 g/mol. The molecule has 1 aliphatic rings. The number of hydrogen-bond acceptors (Lipinski definition) is 5. The van der Waals surface area contributed by atoms with E-state index in [4.69, 9.17) is 20.8 Å². The van der Waals surface area contributed by atoms with E-state index in [1.54, 1.807) is 7.11 Å². The van der Waals surface area contributed by atoms with E-state index in [1.807, 2.05) is 36.4 Å². The Labute approximate surface area is 169 Å². The van der Waals surface area contributed by atoms with Gasteiger partial charge in [-0.25, -0.2) is 0 Å². The number of halogens is 1. The van der Waals surface area contributed by atoms with Gasteiger partial charge in [-0.2, -0.15) is 0 Å². The summed E-state index contributed by atoms with van der Waals surface area (Å²) >= 11 is 6.06. The molecule has 1 aromatic heterocycles. The van der Waals surface area contributed by atoms with Crippen LogP contribution in [0.25, 0.3) is 11.5 Å². The molecule has 1 atom stereocenters. The lowest BCUT2D eigenvalue weighted by molar-refractivity contribution is -0.931. The molecule has 2 heterocycles. The smallest absolute Gasteiger partial charge is 0.274 e. The summed E-state index contributed by atoms with van der Waals surface area (Å²) in [5.41, 5.74) is 1.99. The second-order valence-electron chi connectivity index (χ2n) is 6.99. The van der Waals surface area contributed by atoms with Gasteiger partial charge in [-0.3, -0.25) is 0 Å². The molecule has 0 radical (unpaired) electrons. The number of nitrogens with one attached hydrogen (secondary N) is 1. The molecule has 1 fully saturated rings. The Morgan fingerprint density at radius 1 is 1.11 bits per heavy atom. The summed E-state index contributed by atoms with van der Waals surface area (Å²) in [5, 5.41) is 9.16. The summed E-state index contributed by atoms with van der Waals surface area (Å²) in [6, 6.07) is 15.8. The molecular weight excluding hydrogens is 376 g/mol. The maximum atomic E-state index is 6.06. The normalized spacial score (nSPS) is 16.2. The van der Waals surface area contributed by atoms with Gasteiger partial charge in [0.1, 0.15) is 5.75 Å². The quantitative estimate of drug-likeness (QED) is 0.715. The van der Waals surface area contributed by atoms with Crippen LogP contribution in [0.5, 0.6) is 5.75 Å². The molecule has 3 aromatic rings. The average Bonchev–Trinajstić information content (AvgIpc) is 3.24. The summed E-state index contributed by atoms with van der Waals surface area (Å²) < 4.78 is 11.5. The van der Waals surface area contributed by atoms with Crippen molar-refractivity contribution < 1.29 is 14.1 Å². The van der Waals surface area contributed by atoms with E-state index in [1.165, 1.54) is 4.90 Å². The number of aromatic nitrogens is 2. The molecule has 6 nitrogen and oxygen atoms in total. The number of quaternary nitrogens is 1. The molecule has 7 heteroatoms. The number of benzene rings is 2. The van der Waals surface area contributed by atoms with Gasteiger partial charge in [-0.15, -0.1) is 10.2 Å². The molecule has 0 saturated carbocycles. The van der Waals surface area contributed by atoms with Crippen LogP contribution in [0.1, 0.15) is 18.9 Å². The van der Waals surface area contributed by atoms with Gasteiger partial charge in [0, 0.05) is 10.6 Å². The Hall–Kier alpha value is -2.57. The minimum Gasteiger partial charge on any atom is -0.495 e. The molecule has 0 aliphatic carbocycles. The van der Waals surface area contributed by atoms with Crippen molar-refractivity contribution in [3.8, 4) is 17.2 Å². The van der Waals surface area contributed by atoms with Crippen LogP contribution >= 0.6 is 11.6 Å². The first kappa shape index (κ1) is 18.8. The molecule has 0 amide bonds. The number of piperazine rings is 1. The largest absolute Gasteiger partial charge is 0.495 e. The summed E-state index contributed by atoms with van der Waals surface area (Å²) in [4.78, 5) is 3.81. The molecular formula is C21H24ClN4O2+. The Balaban J connectivity index is 1.42. The molecule has 1 N–H and O–H groups in total. The number of methoxy groups -OCH3 is 1. The van der Waals surface area contributed by atoms with E-state index in [2.05, 4.69) is 34.2 Å². The lowest BCUT2D eigenvalue weighted by Gasteiger charge is -2.36. The highest BCUT2D eigenvalue weighted by atomic mass is 35.5. The minimum atomic E-state index is 0.139. The Morgan fingerprint density at radius 3 is 2.64 bits per heavy atom. The Morgan fingerprint density at radius 2 is 1.89 bits per heavy atom. The molecule has 2 aromatic carbocycles. The number of para-hydroxylation sites is 2. The Bertz CT molecular complexity index is 937. The summed E-state index contributed by atoms with van der Waals surface area (Å²) in [6.45, 7) is 6.04. The summed E-state index contributed by atoms with van der Waals surface area (Å²) in [5.74, 6) is 2.09. The van der Waals surface area contributed by atoms with E-state index in [-0.39, 0.29) is 6.04 Å². The van der Waals surface area contributed by atoms with E-state index >= 15 is 0 Å². The third kappa shape index (κ3) is 3.84. The second-order valence-corrected chi connectivity index (χ2v) is 7.43. The fraction of sp³-hybridized carbons (Fsp3) is 0.333. The fourth-order valence-electron chi connectivity index (χ4n) is 3.68. The standard InChI is InChI=1S/C21H23ClN4O2/c1-15(20-23-24-21(28-20)16-6-5-7-17(22)14-16)25-10-12-26(13-11-25)18-8-3-4-9-19(18)27-2/h3-9,14-15H,10-13H2,1-2H3/p+1/t15-/m1/s1. The molecule has 0 spiro atoms. The number of hydrogen-bond donors (Lipinski definition) is 1. The molecule has 146 valence electrons. The zero-order valence-electron chi connectivity index (χ0n) is 16.1. The first-order valence-electron chi connectivity index (χ1n) is 9.47. The van der Waals surface area contributed by atoms with Crippen LogP contribution in [0.3, 0.4) is 0 Å². The fourth-order valence-corrected chi connectivity index (χ4v) is 3.87. The maximum absolute atomic E-state index is 6.06. The minimum absolute atomic E-state index is 0.139. The third-order valence-electron chi connectivity index (χ3n) is 5.33. The van der Waals surface area contributed by atoms with Crippen molar-refractivity contribution in [1.29, 1.82) is 0 Å². The van der Waals surface area contributed by atoms with Crippen molar-refractivity contribution in [2.45, 2.75) is 13.0 Å². The van der Waals surface area contributed by atoms with E-state index in [9.17, 15) is 0 Å². The van der Waals surface area contributed by atoms with Crippen LogP contribution in [0.15, 0.2) is 52.9 Å². The number of rotatable bonds is 5. The van der Waals surface area contributed by atoms with Crippen LogP contribution in [-0.2, 0) is 0 Å². The maximum Gasteiger partial charge on any atom is 0.274 e. The van der Waals surface area contributed by atoms with Gasteiger partial charge in [0.2, 0.25) is 5.89 Å². The van der Waals surface area contributed by atoms with Crippen LogP contribution < -0.4 is 14.5 Å². The molecule has 4 rings (SSSR count). The van der Waals surface area contributed by atoms with Gasteiger partial charge >= 0.3 is 0 Å². The molecule has 28 heavy (non-hydrogen) atoms. The van der Waals surface area contributed by atoms with Gasteiger partial charge in [0.05, 0.1) is 39.0 Å². The SMILES string of the molecule is COc1ccccc1N1CC[NH+]([C@H](C)c2nnc(-c3cccc(Cl)c3)o2)CC1. The van der Waals surface area contributed by atoms with Crippen molar-refractivity contribution in [2.75, 3.05) is 38.2 Å².